The van der Waals surface area contributed by atoms with Gasteiger partial charge in [-0.05, 0) is 12.8 Å². The molecule has 1 aliphatic carbocycles. The highest BCUT2D eigenvalue weighted by molar-refractivity contribution is 7.11. The van der Waals surface area contributed by atoms with Gasteiger partial charge in [0.05, 0.1) is 6.42 Å². The highest BCUT2D eigenvalue weighted by Gasteiger charge is 2.32. The van der Waals surface area contributed by atoms with Gasteiger partial charge in [-0.15, -0.1) is 11.3 Å². The molecule has 0 bridgehead atoms. The normalized spacial score (nSPS) is 19.3. The molecule has 1 aromatic heterocycles. The van der Waals surface area contributed by atoms with Crippen molar-refractivity contribution in [2.24, 2.45) is 0 Å². The third-order valence-electron chi connectivity index (χ3n) is 3.16. The first kappa shape index (κ1) is 10.6. The standard InChI is InChI=1S/C11H15NO2S/c1-11(4-2-3-5-11)8-7-12-9(15-8)6-10(13)14/h7H,2-6H2,1H3,(H,13,14). The molecule has 1 heterocycles. The van der Waals surface area contributed by atoms with Gasteiger partial charge in [-0.3, -0.25) is 4.79 Å². The number of hydrogen-bond donors (Lipinski definition) is 1. The van der Waals surface area contributed by atoms with E-state index in [-0.39, 0.29) is 11.8 Å². The zero-order valence-corrected chi connectivity index (χ0v) is 9.64. The van der Waals surface area contributed by atoms with Crippen LogP contribution in [0.4, 0.5) is 0 Å². The molecular weight excluding hydrogens is 210 g/mol. The van der Waals surface area contributed by atoms with Crippen molar-refractivity contribution in [3.05, 3.63) is 16.1 Å². The van der Waals surface area contributed by atoms with E-state index in [1.165, 1.54) is 30.6 Å². The fourth-order valence-corrected chi connectivity index (χ4v) is 3.31. The average Bonchev–Trinajstić information content (AvgIpc) is 2.74. The predicted molar refractivity (Wildman–Crippen MR) is 59.3 cm³/mol. The van der Waals surface area contributed by atoms with Gasteiger partial charge in [0.15, 0.2) is 0 Å². The summed E-state index contributed by atoms with van der Waals surface area (Å²) >= 11 is 1.57. The van der Waals surface area contributed by atoms with E-state index in [1.807, 2.05) is 6.20 Å². The van der Waals surface area contributed by atoms with Crippen LogP contribution in [0.1, 0.15) is 42.5 Å². The molecule has 0 aromatic carbocycles. The van der Waals surface area contributed by atoms with Gasteiger partial charge in [-0.25, -0.2) is 4.98 Å². The van der Waals surface area contributed by atoms with Gasteiger partial charge < -0.3 is 5.11 Å². The SMILES string of the molecule is CC1(c2cnc(CC(=O)O)s2)CCCC1. The van der Waals surface area contributed by atoms with Gasteiger partial charge in [0, 0.05) is 16.5 Å². The third-order valence-corrected chi connectivity index (χ3v) is 4.46. The van der Waals surface area contributed by atoms with Gasteiger partial charge in [-0.1, -0.05) is 19.8 Å². The zero-order valence-electron chi connectivity index (χ0n) is 8.82. The molecule has 2 rings (SSSR count). The van der Waals surface area contributed by atoms with E-state index in [4.69, 9.17) is 5.11 Å². The molecule has 3 nitrogen and oxygen atoms in total. The van der Waals surface area contributed by atoms with Crippen LogP contribution < -0.4 is 0 Å². The molecule has 1 N–H and O–H groups in total. The number of carboxylic acids is 1. The number of thiazole rings is 1. The molecule has 82 valence electrons. The van der Waals surface area contributed by atoms with Crippen molar-refractivity contribution in [2.45, 2.75) is 44.4 Å². The van der Waals surface area contributed by atoms with Gasteiger partial charge in [0.25, 0.3) is 0 Å². The molecule has 1 fully saturated rings. The summed E-state index contributed by atoms with van der Waals surface area (Å²) in [6.07, 6.45) is 6.91. The minimum atomic E-state index is -0.799. The van der Waals surface area contributed by atoms with Crippen molar-refractivity contribution in [2.75, 3.05) is 0 Å². The Morgan fingerprint density at radius 2 is 2.27 bits per heavy atom. The highest BCUT2D eigenvalue weighted by Crippen LogP contribution is 2.42. The van der Waals surface area contributed by atoms with E-state index in [0.29, 0.717) is 0 Å². The van der Waals surface area contributed by atoms with Gasteiger partial charge in [0.2, 0.25) is 0 Å². The Kier molecular flexibility index (Phi) is 2.78. The largest absolute Gasteiger partial charge is 0.481 e. The van der Waals surface area contributed by atoms with E-state index in [1.54, 1.807) is 11.3 Å². The smallest absolute Gasteiger partial charge is 0.310 e. The first-order valence-corrected chi connectivity index (χ1v) is 6.09. The van der Waals surface area contributed by atoms with E-state index in [2.05, 4.69) is 11.9 Å². The Bertz CT molecular complexity index is 366. The van der Waals surface area contributed by atoms with Gasteiger partial charge in [-0.2, -0.15) is 0 Å². The molecule has 1 saturated carbocycles. The lowest BCUT2D eigenvalue weighted by molar-refractivity contribution is -0.136. The molecule has 1 aliphatic rings. The minimum absolute atomic E-state index is 0.0563. The fraction of sp³-hybridized carbons (Fsp3) is 0.636. The van der Waals surface area contributed by atoms with Crippen molar-refractivity contribution >= 4 is 17.3 Å². The van der Waals surface area contributed by atoms with Gasteiger partial charge >= 0.3 is 5.97 Å². The Morgan fingerprint density at radius 3 is 2.87 bits per heavy atom. The lowest BCUT2D eigenvalue weighted by atomic mass is 9.88. The summed E-state index contributed by atoms with van der Waals surface area (Å²) in [6.45, 7) is 2.26. The van der Waals surface area contributed by atoms with Crippen LogP contribution in [0, 0.1) is 0 Å². The van der Waals surface area contributed by atoms with Crippen LogP contribution in [0.25, 0.3) is 0 Å². The van der Waals surface area contributed by atoms with Crippen LogP contribution in [0.3, 0.4) is 0 Å². The van der Waals surface area contributed by atoms with Gasteiger partial charge in [0.1, 0.15) is 5.01 Å². The maximum absolute atomic E-state index is 10.5. The fourth-order valence-electron chi connectivity index (χ4n) is 2.20. The van der Waals surface area contributed by atoms with Crippen molar-refractivity contribution < 1.29 is 9.90 Å². The molecule has 0 amide bonds. The number of rotatable bonds is 3. The average molecular weight is 225 g/mol. The minimum Gasteiger partial charge on any atom is -0.481 e. The number of carboxylic acid groups (broad SMARTS) is 1. The van der Waals surface area contributed by atoms with Crippen molar-refractivity contribution in [1.82, 2.24) is 4.98 Å². The summed E-state index contributed by atoms with van der Waals surface area (Å²) < 4.78 is 0. The molecule has 15 heavy (non-hydrogen) atoms. The van der Waals surface area contributed by atoms with Crippen LogP contribution in [0.5, 0.6) is 0 Å². The summed E-state index contributed by atoms with van der Waals surface area (Å²) in [5.41, 5.74) is 0.258. The van der Waals surface area contributed by atoms with Crippen LogP contribution in [0.2, 0.25) is 0 Å². The topological polar surface area (TPSA) is 50.2 Å². The Labute approximate surface area is 93.2 Å². The second-order valence-electron chi connectivity index (χ2n) is 4.46. The molecule has 0 saturated heterocycles. The lowest BCUT2D eigenvalue weighted by Crippen LogP contribution is -2.14. The number of aliphatic carboxylic acids is 1. The monoisotopic (exact) mass is 225 g/mol. The van der Waals surface area contributed by atoms with E-state index < -0.39 is 5.97 Å². The maximum atomic E-state index is 10.5. The van der Waals surface area contributed by atoms with Crippen LogP contribution in [-0.4, -0.2) is 16.1 Å². The third kappa shape index (κ3) is 2.20. The van der Waals surface area contributed by atoms with E-state index in [9.17, 15) is 4.79 Å². The van der Waals surface area contributed by atoms with Crippen molar-refractivity contribution in [3.63, 3.8) is 0 Å². The number of hydrogen-bond acceptors (Lipinski definition) is 3. The summed E-state index contributed by atoms with van der Waals surface area (Å²) in [7, 11) is 0. The summed E-state index contributed by atoms with van der Waals surface area (Å²) in [4.78, 5) is 16.0. The molecule has 0 radical (unpaired) electrons. The Hall–Kier alpha value is -0.900. The molecule has 0 unspecified atom stereocenters. The second-order valence-corrected chi connectivity index (χ2v) is 5.57. The molecule has 0 aliphatic heterocycles. The Morgan fingerprint density at radius 1 is 1.60 bits per heavy atom. The molecule has 1 aromatic rings. The number of aromatic nitrogens is 1. The van der Waals surface area contributed by atoms with Crippen LogP contribution >= 0.6 is 11.3 Å². The molecule has 4 heteroatoms. The second kappa shape index (κ2) is 3.93. The Balaban J connectivity index is 2.15. The zero-order chi connectivity index (χ0) is 10.9. The summed E-state index contributed by atoms with van der Waals surface area (Å²) in [5, 5.41) is 9.40. The number of carbonyl (C=O) groups is 1. The van der Waals surface area contributed by atoms with Crippen molar-refractivity contribution in [1.29, 1.82) is 0 Å². The first-order valence-electron chi connectivity index (χ1n) is 5.27. The summed E-state index contributed by atoms with van der Waals surface area (Å²) in [5.74, 6) is -0.799. The van der Waals surface area contributed by atoms with Crippen LogP contribution in [0.15, 0.2) is 6.20 Å². The first-order chi connectivity index (χ1) is 7.10. The van der Waals surface area contributed by atoms with E-state index in [0.717, 1.165) is 5.01 Å². The quantitative estimate of drug-likeness (QED) is 0.860. The highest BCUT2D eigenvalue weighted by atomic mass is 32.1. The molecular formula is C11H15NO2S. The van der Waals surface area contributed by atoms with Crippen LogP contribution in [-0.2, 0) is 16.6 Å². The molecule has 0 atom stereocenters. The maximum Gasteiger partial charge on any atom is 0.310 e. The molecule has 0 spiro atoms. The summed E-state index contributed by atoms with van der Waals surface area (Å²) in [6, 6.07) is 0. The predicted octanol–water partition coefficient (Wildman–Crippen LogP) is 2.60. The number of nitrogens with zero attached hydrogens (tertiary/aromatic N) is 1. The van der Waals surface area contributed by atoms with Crippen molar-refractivity contribution in [3.8, 4) is 0 Å². The van der Waals surface area contributed by atoms with E-state index >= 15 is 0 Å². The lowest BCUT2D eigenvalue weighted by Gasteiger charge is -2.20.